The Kier molecular flexibility index (Phi) is 5.87. The van der Waals surface area contributed by atoms with E-state index in [-0.39, 0.29) is 5.91 Å². The second kappa shape index (κ2) is 8.89. The summed E-state index contributed by atoms with van der Waals surface area (Å²) in [5.41, 5.74) is 6.53. The highest BCUT2D eigenvalue weighted by atomic mass is 16.5. The first kappa shape index (κ1) is 18.5. The predicted molar refractivity (Wildman–Crippen MR) is 112 cm³/mol. The van der Waals surface area contributed by atoms with Crippen LogP contribution < -0.4 is 15.2 Å². The number of hydrogen-bond acceptors (Lipinski definition) is 5. The topological polar surface area (TPSA) is 57.2 Å². The molecule has 0 aromatic heterocycles. The van der Waals surface area contributed by atoms with Crippen LogP contribution in [0.15, 0.2) is 53.6 Å². The number of nitrogens with zero attached hydrogens (tertiary/aromatic N) is 3. The van der Waals surface area contributed by atoms with Crippen LogP contribution in [0.2, 0.25) is 0 Å². The zero-order valence-electron chi connectivity index (χ0n) is 16.0. The number of benzene rings is 2. The quantitative estimate of drug-likeness (QED) is 0.642. The molecule has 0 aliphatic carbocycles. The van der Waals surface area contributed by atoms with E-state index in [9.17, 15) is 4.79 Å². The predicted octanol–water partition coefficient (Wildman–Crippen LogP) is 2.89. The molecular weight excluding hydrogens is 352 g/mol. The van der Waals surface area contributed by atoms with Crippen molar-refractivity contribution in [2.24, 2.45) is 5.10 Å². The van der Waals surface area contributed by atoms with E-state index in [1.807, 2.05) is 36.4 Å². The minimum atomic E-state index is -0.200. The minimum Gasteiger partial charge on any atom is -0.378 e. The summed E-state index contributed by atoms with van der Waals surface area (Å²) in [6.07, 6.45) is 4.15. The van der Waals surface area contributed by atoms with Crippen LogP contribution in [0, 0.1) is 0 Å². The molecule has 0 radical (unpaired) electrons. The lowest BCUT2D eigenvalue weighted by atomic mass is 10.2. The highest BCUT2D eigenvalue weighted by Gasteiger charge is 2.13. The molecule has 0 spiro atoms. The molecule has 6 nitrogen and oxygen atoms in total. The van der Waals surface area contributed by atoms with Crippen LogP contribution in [0.1, 0.15) is 28.8 Å². The fraction of sp³-hybridized carbons (Fsp3) is 0.364. The van der Waals surface area contributed by atoms with Crippen LogP contribution in [-0.2, 0) is 4.74 Å². The van der Waals surface area contributed by atoms with Gasteiger partial charge >= 0.3 is 0 Å². The van der Waals surface area contributed by atoms with E-state index in [1.54, 1.807) is 6.21 Å². The standard InChI is InChI=1S/C22H26N4O2/c27-22(19-5-9-21(10-6-19)25-11-1-2-12-25)24-23-17-18-3-7-20(8-4-18)26-13-15-28-16-14-26/h3-10,17H,1-2,11-16H2,(H,24,27)/b23-17-. The fourth-order valence-electron chi connectivity index (χ4n) is 3.62. The molecule has 2 aromatic carbocycles. The molecular formula is C22H26N4O2. The zero-order chi connectivity index (χ0) is 19.2. The number of carbonyl (C=O) groups excluding carboxylic acids is 1. The maximum atomic E-state index is 12.3. The number of hydrazone groups is 1. The van der Waals surface area contributed by atoms with E-state index in [0.717, 1.165) is 45.0 Å². The van der Waals surface area contributed by atoms with Gasteiger partial charge in [-0.15, -0.1) is 0 Å². The molecule has 0 unspecified atom stereocenters. The van der Waals surface area contributed by atoms with Crippen LogP contribution in [-0.4, -0.2) is 51.5 Å². The summed E-state index contributed by atoms with van der Waals surface area (Å²) >= 11 is 0. The largest absolute Gasteiger partial charge is 0.378 e. The molecule has 4 rings (SSSR count). The van der Waals surface area contributed by atoms with Crippen molar-refractivity contribution in [3.63, 3.8) is 0 Å². The Hall–Kier alpha value is -2.86. The third-order valence-corrected chi connectivity index (χ3v) is 5.25. The molecule has 146 valence electrons. The van der Waals surface area contributed by atoms with E-state index < -0.39 is 0 Å². The minimum absolute atomic E-state index is 0.200. The third-order valence-electron chi connectivity index (χ3n) is 5.25. The Bertz CT molecular complexity index is 805. The first-order valence-corrected chi connectivity index (χ1v) is 9.91. The molecule has 2 aliphatic heterocycles. The second-order valence-electron chi connectivity index (χ2n) is 7.13. The van der Waals surface area contributed by atoms with Gasteiger partial charge in [-0.1, -0.05) is 12.1 Å². The van der Waals surface area contributed by atoms with Crippen molar-refractivity contribution in [1.29, 1.82) is 0 Å². The van der Waals surface area contributed by atoms with Crippen LogP contribution in [0.5, 0.6) is 0 Å². The molecule has 28 heavy (non-hydrogen) atoms. The van der Waals surface area contributed by atoms with Crippen molar-refractivity contribution >= 4 is 23.5 Å². The molecule has 2 aromatic rings. The van der Waals surface area contributed by atoms with Crippen LogP contribution >= 0.6 is 0 Å². The molecule has 1 N–H and O–H groups in total. The van der Waals surface area contributed by atoms with E-state index >= 15 is 0 Å². The summed E-state index contributed by atoms with van der Waals surface area (Å²) < 4.78 is 5.38. The summed E-state index contributed by atoms with van der Waals surface area (Å²) in [5, 5.41) is 4.09. The van der Waals surface area contributed by atoms with Gasteiger partial charge in [-0.25, -0.2) is 5.43 Å². The number of carbonyl (C=O) groups is 1. The molecule has 0 atom stereocenters. The SMILES string of the molecule is O=C(N/N=C\c1ccc(N2CCOCC2)cc1)c1ccc(N2CCCC2)cc1. The monoisotopic (exact) mass is 378 g/mol. The fourth-order valence-corrected chi connectivity index (χ4v) is 3.62. The van der Waals surface area contributed by atoms with Gasteiger partial charge in [0.2, 0.25) is 0 Å². The maximum Gasteiger partial charge on any atom is 0.271 e. The Morgan fingerprint density at radius 3 is 2.07 bits per heavy atom. The number of nitrogens with one attached hydrogen (secondary N) is 1. The van der Waals surface area contributed by atoms with Gasteiger partial charge in [0, 0.05) is 43.1 Å². The summed E-state index contributed by atoms with van der Waals surface area (Å²) in [7, 11) is 0. The summed E-state index contributed by atoms with van der Waals surface area (Å²) in [6, 6.07) is 15.9. The van der Waals surface area contributed by atoms with Gasteiger partial charge in [0.1, 0.15) is 0 Å². The second-order valence-corrected chi connectivity index (χ2v) is 7.13. The summed E-state index contributed by atoms with van der Waals surface area (Å²) in [5.74, 6) is -0.200. The van der Waals surface area contributed by atoms with Gasteiger partial charge in [0.25, 0.3) is 5.91 Å². The van der Waals surface area contributed by atoms with E-state index in [4.69, 9.17) is 4.74 Å². The van der Waals surface area contributed by atoms with Gasteiger partial charge in [-0.3, -0.25) is 4.79 Å². The maximum absolute atomic E-state index is 12.3. The number of ether oxygens (including phenoxy) is 1. The van der Waals surface area contributed by atoms with Gasteiger partial charge in [-0.05, 0) is 54.8 Å². The van der Waals surface area contributed by atoms with Crippen LogP contribution in [0.25, 0.3) is 0 Å². The average Bonchev–Trinajstić information content (AvgIpc) is 3.30. The first-order valence-electron chi connectivity index (χ1n) is 9.91. The van der Waals surface area contributed by atoms with Crippen molar-refractivity contribution in [3.8, 4) is 0 Å². The number of morpholine rings is 1. The number of amides is 1. The number of anilines is 2. The molecule has 2 fully saturated rings. The highest BCUT2D eigenvalue weighted by molar-refractivity contribution is 5.95. The Morgan fingerprint density at radius 2 is 1.43 bits per heavy atom. The Labute approximate surface area is 165 Å². The van der Waals surface area contributed by atoms with Crippen LogP contribution in [0.4, 0.5) is 11.4 Å². The van der Waals surface area contributed by atoms with E-state index in [0.29, 0.717) is 5.56 Å². The Balaban J connectivity index is 1.30. The van der Waals surface area contributed by atoms with Gasteiger partial charge < -0.3 is 14.5 Å². The third kappa shape index (κ3) is 4.51. The van der Waals surface area contributed by atoms with Crippen molar-refractivity contribution in [2.45, 2.75) is 12.8 Å². The molecule has 0 bridgehead atoms. The van der Waals surface area contributed by atoms with E-state index in [2.05, 4.69) is 32.5 Å². The van der Waals surface area contributed by atoms with Crippen molar-refractivity contribution < 1.29 is 9.53 Å². The molecule has 2 aliphatic rings. The van der Waals surface area contributed by atoms with Crippen LogP contribution in [0.3, 0.4) is 0 Å². The number of rotatable bonds is 5. The molecule has 6 heteroatoms. The van der Waals surface area contributed by atoms with Gasteiger partial charge in [-0.2, -0.15) is 5.10 Å². The number of hydrogen-bond donors (Lipinski definition) is 1. The summed E-state index contributed by atoms with van der Waals surface area (Å²) in [6.45, 7) is 5.57. The zero-order valence-corrected chi connectivity index (χ0v) is 16.0. The molecule has 1 amide bonds. The molecule has 2 saturated heterocycles. The highest BCUT2D eigenvalue weighted by Crippen LogP contribution is 2.20. The van der Waals surface area contributed by atoms with Crippen molar-refractivity contribution in [3.05, 3.63) is 59.7 Å². The smallest absolute Gasteiger partial charge is 0.271 e. The van der Waals surface area contributed by atoms with Crippen molar-refractivity contribution in [1.82, 2.24) is 5.43 Å². The summed E-state index contributed by atoms with van der Waals surface area (Å²) in [4.78, 5) is 16.9. The lowest BCUT2D eigenvalue weighted by Gasteiger charge is -2.28. The lowest BCUT2D eigenvalue weighted by molar-refractivity contribution is 0.0955. The molecule has 0 saturated carbocycles. The van der Waals surface area contributed by atoms with Gasteiger partial charge in [0.15, 0.2) is 0 Å². The molecule has 2 heterocycles. The van der Waals surface area contributed by atoms with E-state index in [1.165, 1.54) is 24.2 Å². The lowest BCUT2D eigenvalue weighted by Crippen LogP contribution is -2.36. The normalized spacial score (nSPS) is 17.3. The first-order chi connectivity index (χ1) is 13.8. The average molecular weight is 378 g/mol. The Morgan fingerprint density at radius 1 is 0.857 bits per heavy atom. The van der Waals surface area contributed by atoms with Crippen molar-refractivity contribution in [2.75, 3.05) is 49.2 Å². The van der Waals surface area contributed by atoms with Gasteiger partial charge in [0.05, 0.1) is 19.4 Å².